The molecule has 1 aromatic rings. The first-order valence-corrected chi connectivity index (χ1v) is 8.41. The number of fused-ring (bicyclic) bond motifs is 1. The van der Waals surface area contributed by atoms with Crippen molar-refractivity contribution in [2.75, 3.05) is 18.4 Å². The quantitative estimate of drug-likeness (QED) is 0.920. The third-order valence-electron chi connectivity index (χ3n) is 5.48. The van der Waals surface area contributed by atoms with Crippen LogP contribution in [0.25, 0.3) is 0 Å². The van der Waals surface area contributed by atoms with Crippen LogP contribution in [-0.4, -0.2) is 23.9 Å². The lowest BCUT2D eigenvalue weighted by molar-refractivity contribution is -0.120. The van der Waals surface area contributed by atoms with E-state index in [1.54, 1.807) is 0 Å². The van der Waals surface area contributed by atoms with Gasteiger partial charge in [0.1, 0.15) is 0 Å². The Bertz CT molecular complexity index is 526. The Kier molecular flexibility index (Phi) is 3.46. The second kappa shape index (κ2) is 5.45. The van der Waals surface area contributed by atoms with Gasteiger partial charge in [-0.2, -0.15) is 0 Å². The number of carbonyl (C=O) groups is 1. The summed E-state index contributed by atoms with van der Waals surface area (Å²) in [6.45, 7) is 3.34. The maximum Gasteiger partial charge on any atom is 0.227 e. The maximum absolute atomic E-state index is 12.4. The van der Waals surface area contributed by atoms with Gasteiger partial charge in [0.2, 0.25) is 5.91 Å². The van der Waals surface area contributed by atoms with Crippen molar-refractivity contribution in [3.8, 4) is 0 Å². The molecule has 1 N–H and O–H groups in total. The van der Waals surface area contributed by atoms with E-state index in [1.165, 1.54) is 37.9 Å². The zero-order valence-corrected chi connectivity index (χ0v) is 12.6. The van der Waals surface area contributed by atoms with Gasteiger partial charge in [-0.1, -0.05) is 18.2 Å². The average molecular weight is 284 g/mol. The van der Waals surface area contributed by atoms with Crippen LogP contribution in [0.15, 0.2) is 24.3 Å². The van der Waals surface area contributed by atoms with Crippen molar-refractivity contribution in [1.29, 1.82) is 0 Å². The van der Waals surface area contributed by atoms with Gasteiger partial charge in [0, 0.05) is 18.2 Å². The summed E-state index contributed by atoms with van der Waals surface area (Å²) < 4.78 is 0. The van der Waals surface area contributed by atoms with E-state index in [0.29, 0.717) is 0 Å². The fourth-order valence-electron chi connectivity index (χ4n) is 4.13. The highest BCUT2D eigenvalue weighted by atomic mass is 16.1. The number of anilines is 1. The molecule has 4 rings (SSSR count). The Morgan fingerprint density at radius 2 is 1.81 bits per heavy atom. The van der Waals surface area contributed by atoms with Crippen LogP contribution in [-0.2, 0) is 11.3 Å². The molecule has 0 radical (unpaired) electrons. The van der Waals surface area contributed by atoms with Crippen molar-refractivity contribution in [2.45, 2.75) is 38.6 Å². The molecule has 112 valence electrons. The van der Waals surface area contributed by atoms with Crippen LogP contribution in [0.2, 0.25) is 0 Å². The van der Waals surface area contributed by atoms with E-state index in [0.717, 1.165) is 36.9 Å². The number of rotatable bonds is 4. The summed E-state index contributed by atoms with van der Waals surface area (Å²) in [4.78, 5) is 14.9. The Labute approximate surface area is 126 Å². The van der Waals surface area contributed by atoms with Crippen LogP contribution in [0, 0.1) is 17.8 Å². The fraction of sp³-hybridized carbons (Fsp3) is 0.611. The summed E-state index contributed by atoms with van der Waals surface area (Å²) in [6, 6.07) is 8.31. The van der Waals surface area contributed by atoms with E-state index >= 15 is 0 Å². The highest BCUT2D eigenvalue weighted by molar-refractivity contribution is 5.93. The first-order chi connectivity index (χ1) is 10.3. The van der Waals surface area contributed by atoms with Gasteiger partial charge in [-0.25, -0.2) is 0 Å². The minimum Gasteiger partial charge on any atom is -0.326 e. The Morgan fingerprint density at radius 1 is 1.10 bits per heavy atom. The molecule has 1 aromatic carbocycles. The smallest absolute Gasteiger partial charge is 0.227 e. The number of likely N-dealkylation sites (tertiary alicyclic amines) is 1. The largest absolute Gasteiger partial charge is 0.326 e. The van der Waals surface area contributed by atoms with Crippen LogP contribution >= 0.6 is 0 Å². The standard InChI is InChI=1S/C18H24N2O/c21-18(16-10-14-9-15(14)11-16)19-17-6-2-1-5-13(17)12-20-7-3-4-8-20/h1-2,5-6,14-16H,3-4,7-12H2,(H,19,21). The molecule has 0 spiro atoms. The molecule has 0 bridgehead atoms. The number of hydrogen-bond donors (Lipinski definition) is 1. The molecule has 3 fully saturated rings. The Morgan fingerprint density at radius 3 is 2.57 bits per heavy atom. The molecule has 1 saturated heterocycles. The van der Waals surface area contributed by atoms with Crippen molar-refractivity contribution in [2.24, 2.45) is 17.8 Å². The molecule has 1 heterocycles. The van der Waals surface area contributed by atoms with Gasteiger partial charge in [-0.15, -0.1) is 0 Å². The lowest BCUT2D eigenvalue weighted by atomic mass is 10.0. The van der Waals surface area contributed by atoms with Crippen molar-refractivity contribution in [1.82, 2.24) is 4.90 Å². The summed E-state index contributed by atoms with van der Waals surface area (Å²) >= 11 is 0. The highest BCUT2D eigenvalue weighted by Crippen LogP contribution is 2.54. The van der Waals surface area contributed by atoms with Gasteiger partial charge in [-0.3, -0.25) is 9.69 Å². The van der Waals surface area contributed by atoms with Gasteiger partial charge >= 0.3 is 0 Å². The molecule has 2 unspecified atom stereocenters. The number of benzene rings is 1. The summed E-state index contributed by atoms with van der Waals surface area (Å²) in [5.41, 5.74) is 2.28. The van der Waals surface area contributed by atoms with E-state index in [-0.39, 0.29) is 11.8 Å². The predicted molar refractivity (Wildman–Crippen MR) is 83.9 cm³/mol. The van der Waals surface area contributed by atoms with E-state index in [9.17, 15) is 4.79 Å². The molecule has 2 atom stereocenters. The normalized spacial score (nSPS) is 31.1. The molecule has 21 heavy (non-hydrogen) atoms. The monoisotopic (exact) mass is 284 g/mol. The number of nitrogens with zero attached hydrogens (tertiary/aromatic N) is 1. The maximum atomic E-state index is 12.4. The Hall–Kier alpha value is -1.35. The molecular formula is C18H24N2O. The zero-order valence-electron chi connectivity index (χ0n) is 12.6. The SMILES string of the molecule is O=C(Nc1ccccc1CN1CCCC1)C1CC2CC2C1. The first kappa shape index (κ1) is 13.3. The van der Waals surface area contributed by atoms with E-state index in [1.807, 2.05) is 6.07 Å². The summed E-state index contributed by atoms with van der Waals surface area (Å²) in [5, 5.41) is 3.20. The van der Waals surface area contributed by atoms with E-state index in [4.69, 9.17) is 0 Å². The van der Waals surface area contributed by atoms with Gasteiger partial charge in [-0.05, 0) is 68.7 Å². The van der Waals surface area contributed by atoms with Crippen LogP contribution in [0.4, 0.5) is 5.69 Å². The van der Waals surface area contributed by atoms with Crippen molar-refractivity contribution in [3.63, 3.8) is 0 Å². The topological polar surface area (TPSA) is 32.3 Å². The molecule has 2 aliphatic carbocycles. The lowest BCUT2D eigenvalue weighted by Gasteiger charge is -2.19. The van der Waals surface area contributed by atoms with Crippen LogP contribution < -0.4 is 5.32 Å². The zero-order chi connectivity index (χ0) is 14.2. The number of amides is 1. The van der Waals surface area contributed by atoms with Gasteiger partial charge in [0.05, 0.1) is 0 Å². The second-order valence-corrected chi connectivity index (χ2v) is 7.05. The summed E-state index contributed by atoms with van der Waals surface area (Å²) in [7, 11) is 0. The van der Waals surface area contributed by atoms with Crippen LogP contribution in [0.3, 0.4) is 0 Å². The van der Waals surface area contributed by atoms with Crippen molar-refractivity contribution < 1.29 is 4.79 Å². The minimum absolute atomic E-state index is 0.246. The predicted octanol–water partition coefficient (Wildman–Crippen LogP) is 3.27. The van der Waals surface area contributed by atoms with Crippen LogP contribution in [0.5, 0.6) is 0 Å². The summed E-state index contributed by atoms with van der Waals surface area (Å²) in [6.07, 6.45) is 6.21. The Balaban J connectivity index is 1.42. The molecule has 3 aliphatic rings. The van der Waals surface area contributed by atoms with Crippen molar-refractivity contribution >= 4 is 11.6 Å². The number of nitrogens with one attached hydrogen (secondary N) is 1. The minimum atomic E-state index is 0.246. The van der Waals surface area contributed by atoms with E-state index < -0.39 is 0 Å². The fourth-order valence-corrected chi connectivity index (χ4v) is 4.13. The highest BCUT2D eigenvalue weighted by Gasteiger charge is 2.48. The molecular weight excluding hydrogens is 260 g/mol. The third-order valence-corrected chi connectivity index (χ3v) is 5.48. The number of para-hydroxylation sites is 1. The van der Waals surface area contributed by atoms with Gasteiger partial charge in [0.15, 0.2) is 0 Å². The molecule has 0 aromatic heterocycles. The molecule has 1 amide bonds. The number of carbonyl (C=O) groups excluding carboxylic acids is 1. The molecule has 1 aliphatic heterocycles. The van der Waals surface area contributed by atoms with Crippen LogP contribution in [0.1, 0.15) is 37.7 Å². The molecule has 2 saturated carbocycles. The second-order valence-electron chi connectivity index (χ2n) is 7.05. The third kappa shape index (κ3) is 2.84. The van der Waals surface area contributed by atoms with Gasteiger partial charge < -0.3 is 5.32 Å². The first-order valence-electron chi connectivity index (χ1n) is 8.41. The average Bonchev–Trinajstić information content (AvgIpc) is 2.92. The molecule has 3 heteroatoms. The summed E-state index contributed by atoms with van der Waals surface area (Å²) in [5.74, 6) is 2.23. The van der Waals surface area contributed by atoms with E-state index in [2.05, 4.69) is 28.4 Å². The van der Waals surface area contributed by atoms with Gasteiger partial charge in [0.25, 0.3) is 0 Å². The van der Waals surface area contributed by atoms with Crippen molar-refractivity contribution in [3.05, 3.63) is 29.8 Å². The molecule has 3 nitrogen and oxygen atoms in total. The number of hydrogen-bond acceptors (Lipinski definition) is 2. The lowest BCUT2D eigenvalue weighted by Crippen LogP contribution is -2.24.